The van der Waals surface area contributed by atoms with Crippen LogP contribution in [0.3, 0.4) is 0 Å². The van der Waals surface area contributed by atoms with Crippen LogP contribution < -0.4 is 11.1 Å². The predicted molar refractivity (Wildman–Crippen MR) is 69.2 cm³/mol. The zero-order valence-corrected chi connectivity index (χ0v) is 11.0. The fraction of sp³-hybridized carbons (Fsp3) is 0.636. The fourth-order valence-corrected chi connectivity index (χ4v) is 2.33. The Bertz CT molecular complexity index is 376. The number of hydrogen-bond acceptors (Lipinski definition) is 4. The van der Waals surface area contributed by atoms with E-state index in [1.54, 1.807) is 6.20 Å². The van der Waals surface area contributed by atoms with Crippen LogP contribution in [0.4, 0.5) is 11.8 Å². The Balaban J connectivity index is 1.97. The standard InChI is InChI=1S/C11H17BrN4/c1-2-3-11(4-5-11)7-15-9-8(12)6-14-10(13)16-9/h6H,2-5,7H2,1H3,(H3,13,14,15,16). The molecule has 1 aromatic rings. The first-order valence-corrected chi connectivity index (χ1v) is 6.46. The highest BCUT2D eigenvalue weighted by Gasteiger charge is 2.41. The van der Waals surface area contributed by atoms with E-state index in [2.05, 4.69) is 38.1 Å². The van der Waals surface area contributed by atoms with Gasteiger partial charge in [0.1, 0.15) is 5.82 Å². The van der Waals surface area contributed by atoms with E-state index in [9.17, 15) is 0 Å². The van der Waals surface area contributed by atoms with Gasteiger partial charge in [0.05, 0.1) is 4.47 Å². The van der Waals surface area contributed by atoms with Crippen molar-refractivity contribution in [2.75, 3.05) is 17.6 Å². The van der Waals surface area contributed by atoms with Gasteiger partial charge in [-0.1, -0.05) is 13.3 Å². The lowest BCUT2D eigenvalue weighted by Gasteiger charge is -2.15. The molecule has 1 aliphatic carbocycles. The molecule has 0 spiro atoms. The summed E-state index contributed by atoms with van der Waals surface area (Å²) in [6.45, 7) is 3.22. The summed E-state index contributed by atoms with van der Waals surface area (Å²) in [4.78, 5) is 8.09. The molecule has 0 radical (unpaired) electrons. The molecular formula is C11H17BrN4. The zero-order chi connectivity index (χ0) is 11.6. The maximum atomic E-state index is 5.56. The van der Waals surface area contributed by atoms with Crippen molar-refractivity contribution in [1.29, 1.82) is 0 Å². The maximum absolute atomic E-state index is 5.56. The third-order valence-electron chi connectivity index (χ3n) is 3.13. The molecule has 0 aliphatic heterocycles. The molecule has 0 unspecified atom stereocenters. The molecule has 1 saturated carbocycles. The van der Waals surface area contributed by atoms with Crippen LogP contribution in [0.15, 0.2) is 10.7 Å². The molecule has 1 aliphatic rings. The highest BCUT2D eigenvalue weighted by Crippen LogP contribution is 2.49. The van der Waals surface area contributed by atoms with Crippen LogP contribution in [0, 0.1) is 5.41 Å². The number of hydrogen-bond donors (Lipinski definition) is 2. The van der Waals surface area contributed by atoms with Crippen LogP contribution in [0.1, 0.15) is 32.6 Å². The minimum Gasteiger partial charge on any atom is -0.368 e. The van der Waals surface area contributed by atoms with Crippen molar-refractivity contribution < 1.29 is 0 Å². The summed E-state index contributed by atoms with van der Waals surface area (Å²) < 4.78 is 0.869. The quantitative estimate of drug-likeness (QED) is 0.873. The van der Waals surface area contributed by atoms with Gasteiger partial charge in [0.15, 0.2) is 0 Å². The number of rotatable bonds is 5. The van der Waals surface area contributed by atoms with Gasteiger partial charge < -0.3 is 11.1 Å². The van der Waals surface area contributed by atoms with Gasteiger partial charge in [0.2, 0.25) is 5.95 Å². The minimum absolute atomic E-state index is 0.311. The van der Waals surface area contributed by atoms with Gasteiger partial charge in [-0.15, -0.1) is 0 Å². The smallest absolute Gasteiger partial charge is 0.221 e. The summed E-state index contributed by atoms with van der Waals surface area (Å²) in [5, 5.41) is 3.36. The molecule has 2 rings (SSSR count). The molecular weight excluding hydrogens is 268 g/mol. The van der Waals surface area contributed by atoms with Crippen LogP contribution in [0.2, 0.25) is 0 Å². The Morgan fingerprint density at radius 1 is 1.56 bits per heavy atom. The van der Waals surface area contributed by atoms with Crippen molar-refractivity contribution >= 4 is 27.7 Å². The Kier molecular flexibility index (Phi) is 3.33. The Morgan fingerprint density at radius 3 is 2.94 bits per heavy atom. The van der Waals surface area contributed by atoms with Crippen LogP contribution >= 0.6 is 15.9 Å². The first kappa shape index (κ1) is 11.6. The largest absolute Gasteiger partial charge is 0.368 e. The number of nitrogens with one attached hydrogen (secondary N) is 1. The van der Waals surface area contributed by atoms with E-state index in [4.69, 9.17) is 5.73 Å². The Labute approximate surface area is 104 Å². The fourth-order valence-electron chi connectivity index (χ4n) is 2.00. The molecule has 88 valence electrons. The van der Waals surface area contributed by atoms with E-state index >= 15 is 0 Å². The first-order valence-electron chi connectivity index (χ1n) is 5.67. The van der Waals surface area contributed by atoms with Crippen LogP contribution in [-0.4, -0.2) is 16.5 Å². The van der Waals surface area contributed by atoms with Gasteiger partial charge in [-0.05, 0) is 40.6 Å². The Morgan fingerprint density at radius 2 is 2.31 bits per heavy atom. The lowest BCUT2D eigenvalue weighted by atomic mass is 10.0. The number of nitrogens with two attached hydrogens (primary N) is 1. The zero-order valence-electron chi connectivity index (χ0n) is 9.46. The predicted octanol–water partition coefficient (Wildman–Crippen LogP) is 2.81. The molecule has 0 atom stereocenters. The van der Waals surface area contributed by atoms with Gasteiger partial charge in [-0.25, -0.2) is 4.98 Å². The molecule has 1 fully saturated rings. The van der Waals surface area contributed by atoms with Gasteiger partial charge in [-0.2, -0.15) is 4.98 Å². The molecule has 3 N–H and O–H groups in total. The summed E-state index contributed by atoms with van der Waals surface area (Å²) in [5.74, 6) is 1.11. The van der Waals surface area contributed by atoms with Crippen LogP contribution in [0.25, 0.3) is 0 Å². The number of anilines is 2. The van der Waals surface area contributed by atoms with Gasteiger partial charge in [0.25, 0.3) is 0 Å². The summed E-state index contributed by atoms with van der Waals surface area (Å²) in [6.07, 6.45) is 6.87. The minimum atomic E-state index is 0.311. The second kappa shape index (κ2) is 4.57. The average molecular weight is 285 g/mol. The molecule has 0 saturated heterocycles. The van der Waals surface area contributed by atoms with E-state index in [1.807, 2.05) is 0 Å². The molecule has 16 heavy (non-hydrogen) atoms. The summed E-state index contributed by atoms with van der Waals surface area (Å²) in [5.41, 5.74) is 6.07. The van der Waals surface area contributed by atoms with Crippen molar-refractivity contribution in [3.63, 3.8) is 0 Å². The first-order chi connectivity index (χ1) is 7.65. The second-order valence-corrected chi connectivity index (χ2v) is 5.38. The van der Waals surface area contributed by atoms with Crippen LogP contribution in [0.5, 0.6) is 0 Å². The number of aromatic nitrogens is 2. The third-order valence-corrected chi connectivity index (χ3v) is 3.71. The monoisotopic (exact) mass is 284 g/mol. The van der Waals surface area contributed by atoms with E-state index in [0.29, 0.717) is 11.4 Å². The Hall–Kier alpha value is -0.840. The summed E-state index contributed by atoms with van der Waals surface area (Å²) in [6, 6.07) is 0. The molecule has 1 aromatic heterocycles. The van der Waals surface area contributed by atoms with Crippen molar-refractivity contribution in [2.45, 2.75) is 32.6 Å². The normalized spacial score (nSPS) is 17.1. The van der Waals surface area contributed by atoms with Crippen LogP contribution in [-0.2, 0) is 0 Å². The lowest BCUT2D eigenvalue weighted by Crippen LogP contribution is -2.16. The molecule has 0 bridgehead atoms. The highest BCUT2D eigenvalue weighted by molar-refractivity contribution is 9.10. The molecule has 0 amide bonds. The number of halogens is 1. The van der Waals surface area contributed by atoms with Gasteiger partial charge in [0, 0.05) is 12.7 Å². The molecule has 1 heterocycles. The molecule has 0 aromatic carbocycles. The lowest BCUT2D eigenvalue weighted by molar-refractivity contribution is 0.485. The second-order valence-electron chi connectivity index (χ2n) is 4.53. The van der Waals surface area contributed by atoms with E-state index in [1.165, 1.54) is 25.7 Å². The molecule has 4 nitrogen and oxygen atoms in total. The van der Waals surface area contributed by atoms with Crippen molar-refractivity contribution in [3.05, 3.63) is 10.7 Å². The number of nitrogen functional groups attached to an aromatic ring is 1. The third kappa shape index (κ3) is 2.64. The average Bonchev–Trinajstić information content (AvgIpc) is 3.01. The SMILES string of the molecule is CCCC1(CNc2nc(N)ncc2Br)CC1. The summed E-state index contributed by atoms with van der Waals surface area (Å²) >= 11 is 3.41. The number of nitrogens with zero attached hydrogens (tertiary/aromatic N) is 2. The maximum Gasteiger partial charge on any atom is 0.221 e. The van der Waals surface area contributed by atoms with Gasteiger partial charge in [-0.3, -0.25) is 0 Å². The van der Waals surface area contributed by atoms with E-state index in [-0.39, 0.29) is 0 Å². The van der Waals surface area contributed by atoms with E-state index in [0.717, 1.165) is 16.8 Å². The molecule has 5 heteroatoms. The van der Waals surface area contributed by atoms with Crippen molar-refractivity contribution in [2.24, 2.45) is 5.41 Å². The van der Waals surface area contributed by atoms with Crippen molar-refractivity contribution in [1.82, 2.24) is 9.97 Å². The topological polar surface area (TPSA) is 63.8 Å². The highest BCUT2D eigenvalue weighted by atomic mass is 79.9. The van der Waals surface area contributed by atoms with E-state index < -0.39 is 0 Å². The van der Waals surface area contributed by atoms with Crippen molar-refractivity contribution in [3.8, 4) is 0 Å². The van der Waals surface area contributed by atoms with Gasteiger partial charge >= 0.3 is 0 Å². The summed E-state index contributed by atoms with van der Waals surface area (Å²) in [7, 11) is 0.